The van der Waals surface area contributed by atoms with Gasteiger partial charge in [0.15, 0.2) is 17.3 Å². The molecule has 36 heavy (non-hydrogen) atoms. The summed E-state index contributed by atoms with van der Waals surface area (Å²) in [6.45, 7) is 4.87. The van der Waals surface area contributed by atoms with Gasteiger partial charge >= 0.3 is 0 Å². The zero-order valence-corrected chi connectivity index (χ0v) is 20.9. The van der Waals surface area contributed by atoms with Crippen LogP contribution in [0.1, 0.15) is 48.5 Å². The van der Waals surface area contributed by atoms with E-state index in [1.165, 1.54) is 4.88 Å². The molecule has 1 saturated heterocycles. The van der Waals surface area contributed by atoms with Crippen LogP contribution in [0.4, 0.5) is 0 Å². The number of ether oxygens (including phenoxy) is 3. The van der Waals surface area contributed by atoms with Gasteiger partial charge in [-0.25, -0.2) is 4.68 Å². The number of hydrogen-bond acceptors (Lipinski definition) is 9. The number of H-pyrrole nitrogens is 1. The predicted octanol–water partition coefficient (Wildman–Crippen LogP) is 3.64. The van der Waals surface area contributed by atoms with Crippen molar-refractivity contribution in [2.45, 2.75) is 58.0 Å². The minimum atomic E-state index is -0.119. The van der Waals surface area contributed by atoms with Crippen molar-refractivity contribution >= 4 is 22.2 Å². The molecule has 2 aliphatic heterocycles. The summed E-state index contributed by atoms with van der Waals surface area (Å²) in [5.41, 5.74) is 1.28. The van der Waals surface area contributed by atoms with E-state index in [0.717, 1.165) is 42.6 Å². The Hall–Kier alpha value is -3.28. The van der Waals surface area contributed by atoms with Crippen LogP contribution < -0.4 is 15.0 Å². The highest BCUT2D eigenvalue weighted by atomic mass is 32.1. The van der Waals surface area contributed by atoms with Crippen molar-refractivity contribution in [2.24, 2.45) is 0 Å². The number of fused-ring (bicyclic) bond motifs is 2. The molecule has 0 radical (unpaired) electrons. The highest BCUT2D eigenvalue weighted by molar-refractivity contribution is 7.09. The lowest BCUT2D eigenvalue weighted by atomic mass is 10.1. The lowest BCUT2D eigenvalue weighted by Crippen LogP contribution is -2.33. The molecule has 6 rings (SSSR count). The van der Waals surface area contributed by atoms with Gasteiger partial charge in [0.2, 0.25) is 6.79 Å². The molecule has 0 amide bonds. The summed E-state index contributed by atoms with van der Waals surface area (Å²) in [5, 5.41) is 15.7. The van der Waals surface area contributed by atoms with Gasteiger partial charge in [0.05, 0.1) is 24.2 Å². The molecule has 2 atom stereocenters. The summed E-state index contributed by atoms with van der Waals surface area (Å²) in [6.07, 6.45) is 3.00. The number of tetrazole rings is 1. The van der Waals surface area contributed by atoms with E-state index in [0.29, 0.717) is 36.7 Å². The van der Waals surface area contributed by atoms with Crippen LogP contribution >= 0.6 is 11.3 Å². The molecule has 3 aromatic heterocycles. The van der Waals surface area contributed by atoms with Crippen molar-refractivity contribution in [1.29, 1.82) is 0 Å². The van der Waals surface area contributed by atoms with Crippen LogP contribution in [-0.2, 0) is 24.4 Å². The van der Waals surface area contributed by atoms with Crippen molar-refractivity contribution in [2.75, 3.05) is 13.4 Å². The fraction of sp³-hybridized carbons (Fsp3) is 0.440. The van der Waals surface area contributed by atoms with Crippen LogP contribution in [0.3, 0.4) is 0 Å². The number of hydrogen-bond donors (Lipinski definition) is 1. The van der Waals surface area contributed by atoms with Gasteiger partial charge in [-0.15, -0.1) is 16.4 Å². The first-order valence-electron chi connectivity index (χ1n) is 12.3. The van der Waals surface area contributed by atoms with E-state index < -0.39 is 0 Å². The summed E-state index contributed by atoms with van der Waals surface area (Å²) in [5.74, 6) is 2.13. The van der Waals surface area contributed by atoms with Crippen molar-refractivity contribution in [3.63, 3.8) is 0 Å². The minimum absolute atomic E-state index is 0.0737. The molecular formula is C25H28N6O4S. The molecule has 1 fully saturated rings. The van der Waals surface area contributed by atoms with E-state index >= 15 is 0 Å². The lowest BCUT2D eigenvalue weighted by molar-refractivity contribution is 0.0889. The second kappa shape index (κ2) is 10.00. The maximum absolute atomic E-state index is 13.2. The highest BCUT2D eigenvalue weighted by Crippen LogP contribution is 2.35. The van der Waals surface area contributed by atoms with Gasteiger partial charge in [0.1, 0.15) is 0 Å². The first kappa shape index (κ1) is 23.1. The summed E-state index contributed by atoms with van der Waals surface area (Å²) < 4.78 is 18.7. The molecule has 0 bridgehead atoms. The molecule has 1 aromatic carbocycles. The highest BCUT2D eigenvalue weighted by Gasteiger charge is 2.28. The summed E-state index contributed by atoms with van der Waals surface area (Å²) in [6, 6.07) is 9.77. The summed E-state index contributed by atoms with van der Waals surface area (Å²) in [4.78, 5) is 19.7. The number of nitrogens with zero attached hydrogens (tertiary/aromatic N) is 5. The molecule has 5 heterocycles. The fourth-order valence-corrected chi connectivity index (χ4v) is 5.75. The molecule has 4 aromatic rings. The molecule has 0 spiro atoms. The van der Waals surface area contributed by atoms with E-state index in [1.54, 1.807) is 11.3 Å². The quantitative estimate of drug-likeness (QED) is 0.365. The van der Waals surface area contributed by atoms with E-state index in [2.05, 4.69) is 43.8 Å². The number of thiophene rings is 1. The van der Waals surface area contributed by atoms with E-state index in [9.17, 15) is 4.79 Å². The third-order valence-corrected chi connectivity index (χ3v) is 7.67. The van der Waals surface area contributed by atoms with Crippen molar-refractivity contribution in [3.05, 3.63) is 62.3 Å². The summed E-state index contributed by atoms with van der Waals surface area (Å²) in [7, 11) is 0. The normalized spacial score (nSPS) is 17.9. The Morgan fingerprint density at radius 3 is 2.92 bits per heavy atom. The van der Waals surface area contributed by atoms with Crippen LogP contribution in [0.2, 0.25) is 0 Å². The molecular weight excluding hydrogens is 480 g/mol. The topological polar surface area (TPSA) is 107 Å². The molecule has 0 saturated carbocycles. The van der Waals surface area contributed by atoms with Gasteiger partial charge in [-0.1, -0.05) is 13.0 Å². The third-order valence-electron chi connectivity index (χ3n) is 6.81. The Bertz CT molecular complexity index is 1400. The number of rotatable bonds is 9. The largest absolute Gasteiger partial charge is 0.454 e. The van der Waals surface area contributed by atoms with Crippen molar-refractivity contribution in [3.8, 4) is 11.5 Å². The number of aromatic amines is 1. The first-order valence-corrected chi connectivity index (χ1v) is 13.2. The Balaban J connectivity index is 1.34. The Kier molecular flexibility index (Phi) is 6.43. The average molecular weight is 509 g/mol. The molecule has 10 nitrogen and oxygen atoms in total. The number of benzene rings is 1. The van der Waals surface area contributed by atoms with E-state index in [1.807, 2.05) is 28.9 Å². The van der Waals surface area contributed by atoms with Gasteiger partial charge in [-0.2, -0.15) is 0 Å². The van der Waals surface area contributed by atoms with Gasteiger partial charge in [0.25, 0.3) is 5.56 Å². The van der Waals surface area contributed by atoms with Gasteiger partial charge in [0, 0.05) is 41.6 Å². The summed E-state index contributed by atoms with van der Waals surface area (Å²) >= 11 is 1.70. The van der Waals surface area contributed by atoms with E-state index in [4.69, 9.17) is 14.2 Å². The van der Waals surface area contributed by atoms with Crippen LogP contribution in [0.25, 0.3) is 10.9 Å². The third kappa shape index (κ3) is 4.61. The second-order valence-electron chi connectivity index (χ2n) is 9.18. The Morgan fingerprint density at radius 2 is 2.14 bits per heavy atom. The van der Waals surface area contributed by atoms with Crippen LogP contribution in [0.15, 0.2) is 40.5 Å². The maximum atomic E-state index is 13.2. The van der Waals surface area contributed by atoms with Crippen LogP contribution in [0, 0.1) is 0 Å². The number of nitrogens with one attached hydrogen (secondary N) is 1. The number of aromatic nitrogens is 5. The zero-order valence-electron chi connectivity index (χ0n) is 20.1. The number of pyridine rings is 1. The van der Waals surface area contributed by atoms with Gasteiger partial charge in [-0.05, 0) is 53.3 Å². The second-order valence-corrected chi connectivity index (χ2v) is 10.2. The molecule has 1 N–H and O–H groups in total. The van der Waals surface area contributed by atoms with E-state index in [-0.39, 0.29) is 24.5 Å². The Morgan fingerprint density at radius 1 is 1.25 bits per heavy atom. The monoisotopic (exact) mass is 508 g/mol. The predicted molar refractivity (Wildman–Crippen MR) is 134 cm³/mol. The van der Waals surface area contributed by atoms with Crippen molar-refractivity contribution < 1.29 is 14.2 Å². The molecule has 11 heteroatoms. The maximum Gasteiger partial charge on any atom is 0.252 e. The smallest absolute Gasteiger partial charge is 0.252 e. The fourth-order valence-electron chi connectivity index (χ4n) is 5.02. The molecule has 188 valence electrons. The molecule has 2 aliphatic rings. The average Bonchev–Trinajstić information content (AvgIpc) is 3.68. The SMILES string of the molecule is CCC(c1nnnn1CC1CCCO1)N(Cc1cccs1)Cc1cc2cc3c(cc2[nH]c1=O)OCO3. The van der Waals surface area contributed by atoms with Crippen LogP contribution in [0.5, 0.6) is 11.5 Å². The van der Waals surface area contributed by atoms with Crippen LogP contribution in [-0.4, -0.2) is 49.6 Å². The van der Waals surface area contributed by atoms with Crippen molar-refractivity contribution in [1.82, 2.24) is 30.1 Å². The molecule has 2 unspecified atom stereocenters. The zero-order chi connectivity index (χ0) is 24.5. The van der Waals surface area contributed by atoms with Gasteiger partial charge < -0.3 is 19.2 Å². The standard InChI is InChI=1S/C25H28N6O4S/c1-2-21(24-27-28-29-31(24)13-18-5-3-7-33-18)30(14-19-6-4-8-36-19)12-17-9-16-10-22-23(35-15-34-22)11-20(16)26-25(17)32/h4,6,8-11,18,21H,2-3,5,7,12-15H2,1H3,(H,26,32). The minimum Gasteiger partial charge on any atom is -0.454 e. The lowest BCUT2D eigenvalue weighted by Gasteiger charge is -2.30. The Labute approximate surface area is 211 Å². The first-order chi connectivity index (χ1) is 17.7. The van der Waals surface area contributed by atoms with Gasteiger partial charge in [-0.3, -0.25) is 9.69 Å². The molecule has 0 aliphatic carbocycles.